The summed E-state index contributed by atoms with van der Waals surface area (Å²) in [6, 6.07) is 1.96. The number of aromatic nitrogens is 2. The maximum atomic E-state index is 11.1. The molecule has 0 aliphatic carbocycles. The van der Waals surface area contributed by atoms with Crippen molar-refractivity contribution in [2.24, 2.45) is 11.7 Å². The van der Waals surface area contributed by atoms with Gasteiger partial charge in [0.1, 0.15) is 0 Å². The molecule has 0 aromatic carbocycles. The average Bonchev–Trinajstić information content (AvgIpc) is 2.64. The summed E-state index contributed by atoms with van der Waals surface area (Å²) in [4.78, 5) is 11.1. The van der Waals surface area contributed by atoms with Gasteiger partial charge in [0.25, 0.3) is 0 Å². The molecule has 0 radical (unpaired) electrons. The second-order valence-electron chi connectivity index (χ2n) is 4.26. The molecule has 1 aromatic rings. The third-order valence-corrected chi connectivity index (χ3v) is 2.85. The lowest BCUT2D eigenvalue weighted by Crippen LogP contribution is -2.19. The average molecular weight is 239 g/mol. The molecule has 5 nitrogen and oxygen atoms in total. The summed E-state index contributed by atoms with van der Waals surface area (Å²) in [5, 5.41) is 13.5. The van der Waals surface area contributed by atoms with Crippen molar-refractivity contribution in [1.29, 1.82) is 0 Å². The predicted molar refractivity (Wildman–Crippen MR) is 65.8 cm³/mol. The summed E-state index contributed by atoms with van der Waals surface area (Å²) in [6.45, 7) is 5.24. The van der Waals surface area contributed by atoms with Crippen LogP contribution in [0.5, 0.6) is 0 Å². The minimum atomic E-state index is -0.750. The van der Waals surface area contributed by atoms with Crippen molar-refractivity contribution in [3.8, 4) is 0 Å². The minimum absolute atomic E-state index is 0.361. The summed E-state index contributed by atoms with van der Waals surface area (Å²) in [6.07, 6.45) is 1.90. The Kier molecular flexibility index (Phi) is 5.15. The SMILES string of the molecule is CCn1nc(C)cc1CC(CCCN)C(=O)O. The number of hydrogen-bond acceptors (Lipinski definition) is 3. The zero-order chi connectivity index (χ0) is 12.8. The first kappa shape index (κ1) is 13.7. The van der Waals surface area contributed by atoms with Crippen molar-refractivity contribution in [3.63, 3.8) is 0 Å². The molecule has 1 atom stereocenters. The Bertz CT molecular complexity index is 374. The van der Waals surface area contributed by atoms with E-state index in [1.54, 1.807) is 0 Å². The molecule has 1 aromatic heterocycles. The quantitative estimate of drug-likeness (QED) is 0.749. The van der Waals surface area contributed by atoms with Crippen LogP contribution >= 0.6 is 0 Å². The Labute approximate surface area is 102 Å². The molecule has 0 spiro atoms. The Balaban J connectivity index is 2.74. The lowest BCUT2D eigenvalue weighted by Gasteiger charge is -2.12. The van der Waals surface area contributed by atoms with E-state index in [9.17, 15) is 4.79 Å². The van der Waals surface area contributed by atoms with Crippen molar-refractivity contribution in [3.05, 3.63) is 17.5 Å². The molecule has 0 saturated carbocycles. The van der Waals surface area contributed by atoms with Gasteiger partial charge in [-0.25, -0.2) is 0 Å². The molecule has 0 saturated heterocycles. The maximum Gasteiger partial charge on any atom is 0.306 e. The van der Waals surface area contributed by atoms with Crippen LogP contribution in [0, 0.1) is 12.8 Å². The van der Waals surface area contributed by atoms with Crippen LogP contribution in [-0.2, 0) is 17.8 Å². The third-order valence-electron chi connectivity index (χ3n) is 2.85. The van der Waals surface area contributed by atoms with E-state index in [1.165, 1.54) is 0 Å². The molecule has 3 N–H and O–H groups in total. The Morgan fingerprint density at radius 2 is 2.35 bits per heavy atom. The number of nitrogens with two attached hydrogens (primary N) is 1. The number of carboxylic acids is 1. The maximum absolute atomic E-state index is 11.1. The molecule has 1 unspecified atom stereocenters. The van der Waals surface area contributed by atoms with Crippen LogP contribution in [0.15, 0.2) is 6.07 Å². The first-order chi connectivity index (χ1) is 8.08. The van der Waals surface area contributed by atoms with Gasteiger partial charge in [0.05, 0.1) is 11.6 Å². The van der Waals surface area contributed by atoms with Crippen LogP contribution < -0.4 is 5.73 Å². The molecule has 1 heterocycles. The van der Waals surface area contributed by atoms with E-state index < -0.39 is 5.97 Å². The van der Waals surface area contributed by atoms with Crippen LogP contribution in [0.1, 0.15) is 31.2 Å². The van der Waals surface area contributed by atoms with Crippen LogP contribution in [-0.4, -0.2) is 27.4 Å². The van der Waals surface area contributed by atoms with Crippen molar-refractivity contribution in [1.82, 2.24) is 9.78 Å². The number of rotatable bonds is 7. The van der Waals surface area contributed by atoms with E-state index in [1.807, 2.05) is 24.6 Å². The smallest absolute Gasteiger partial charge is 0.306 e. The van der Waals surface area contributed by atoms with E-state index in [-0.39, 0.29) is 5.92 Å². The van der Waals surface area contributed by atoms with Crippen molar-refractivity contribution < 1.29 is 9.90 Å². The minimum Gasteiger partial charge on any atom is -0.481 e. The van der Waals surface area contributed by atoms with Crippen LogP contribution in [0.4, 0.5) is 0 Å². The highest BCUT2D eigenvalue weighted by molar-refractivity contribution is 5.70. The highest BCUT2D eigenvalue weighted by Crippen LogP contribution is 2.15. The fourth-order valence-corrected chi connectivity index (χ4v) is 1.97. The molecule has 1 rings (SSSR count). The zero-order valence-electron chi connectivity index (χ0n) is 10.5. The zero-order valence-corrected chi connectivity index (χ0v) is 10.5. The monoisotopic (exact) mass is 239 g/mol. The fraction of sp³-hybridized carbons (Fsp3) is 0.667. The molecule has 0 fully saturated rings. The summed E-state index contributed by atoms with van der Waals surface area (Å²) in [5.74, 6) is -1.11. The Morgan fingerprint density at radius 3 is 2.88 bits per heavy atom. The van der Waals surface area contributed by atoms with Gasteiger partial charge in [0.15, 0.2) is 0 Å². The summed E-state index contributed by atoms with van der Waals surface area (Å²) >= 11 is 0. The van der Waals surface area contributed by atoms with Gasteiger partial charge in [-0.3, -0.25) is 9.48 Å². The molecule has 0 aliphatic heterocycles. The summed E-state index contributed by atoms with van der Waals surface area (Å²) in [5.41, 5.74) is 7.35. The van der Waals surface area contributed by atoms with Crippen LogP contribution in [0.2, 0.25) is 0 Å². The summed E-state index contributed by atoms with van der Waals surface area (Å²) in [7, 11) is 0. The molecule has 96 valence electrons. The van der Waals surface area contributed by atoms with Gasteiger partial charge in [-0.2, -0.15) is 5.10 Å². The number of aliphatic carboxylic acids is 1. The Hall–Kier alpha value is -1.36. The van der Waals surface area contributed by atoms with Gasteiger partial charge in [-0.1, -0.05) is 0 Å². The highest BCUT2D eigenvalue weighted by Gasteiger charge is 2.19. The van der Waals surface area contributed by atoms with Crippen molar-refractivity contribution in [2.45, 2.75) is 39.7 Å². The van der Waals surface area contributed by atoms with E-state index >= 15 is 0 Å². The van der Waals surface area contributed by atoms with Gasteiger partial charge >= 0.3 is 5.97 Å². The lowest BCUT2D eigenvalue weighted by molar-refractivity contribution is -0.142. The molecular formula is C12H21N3O2. The molecular weight excluding hydrogens is 218 g/mol. The predicted octanol–water partition coefficient (Wildman–Crippen LogP) is 1.19. The fourth-order valence-electron chi connectivity index (χ4n) is 1.97. The molecule has 17 heavy (non-hydrogen) atoms. The highest BCUT2D eigenvalue weighted by atomic mass is 16.4. The topological polar surface area (TPSA) is 81.1 Å². The number of aryl methyl sites for hydroxylation is 2. The lowest BCUT2D eigenvalue weighted by atomic mass is 9.97. The van der Waals surface area contributed by atoms with E-state index in [4.69, 9.17) is 10.8 Å². The standard InChI is InChI=1S/C12H21N3O2/c1-3-15-11(7-9(2)14-15)8-10(12(16)17)5-4-6-13/h7,10H,3-6,8,13H2,1-2H3,(H,16,17). The number of nitrogens with zero attached hydrogens (tertiary/aromatic N) is 2. The summed E-state index contributed by atoms with van der Waals surface area (Å²) < 4.78 is 1.87. The normalized spacial score (nSPS) is 12.6. The second kappa shape index (κ2) is 6.39. The van der Waals surface area contributed by atoms with Gasteiger partial charge in [0.2, 0.25) is 0 Å². The third kappa shape index (κ3) is 3.85. The van der Waals surface area contributed by atoms with Crippen molar-refractivity contribution >= 4 is 5.97 Å². The first-order valence-corrected chi connectivity index (χ1v) is 6.04. The van der Waals surface area contributed by atoms with Crippen molar-refractivity contribution in [2.75, 3.05) is 6.54 Å². The largest absolute Gasteiger partial charge is 0.481 e. The van der Waals surface area contributed by atoms with E-state index in [0.29, 0.717) is 19.4 Å². The van der Waals surface area contributed by atoms with Crippen LogP contribution in [0.3, 0.4) is 0 Å². The van der Waals surface area contributed by atoms with E-state index in [0.717, 1.165) is 24.4 Å². The van der Waals surface area contributed by atoms with Gasteiger partial charge in [-0.15, -0.1) is 0 Å². The van der Waals surface area contributed by atoms with Crippen LogP contribution in [0.25, 0.3) is 0 Å². The number of hydrogen-bond donors (Lipinski definition) is 2. The Morgan fingerprint density at radius 1 is 1.65 bits per heavy atom. The first-order valence-electron chi connectivity index (χ1n) is 6.04. The second-order valence-corrected chi connectivity index (χ2v) is 4.26. The van der Waals surface area contributed by atoms with E-state index in [2.05, 4.69) is 5.10 Å². The molecule has 0 aliphatic rings. The molecule has 0 amide bonds. The van der Waals surface area contributed by atoms with Gasteiger partial charge < -0.3 is 10.8 Å². The van der Waals surface area contributed by atoms with Gasteiger partial charge in [0, 0.05) is 18.7 Å². The molecule has 0 bridgehead atoms. The van der Waals surface area contributed by atoms with Gasteiger partial charge in [-0.05, 0) is 39.3 Å². The molecule has 5 heteroatoms. The number of carbonyl (C=O) groups is 1. The number of carboxylic acid groups (broad SMARTS) is 1.